The van der Waals surface area contributed by atoms with Gasteiger partial charge in [0.15, 0.2) is 5.01 Å². The monoisotopic (exact) mass is 331 g/mol. The zero-order valence-electron chi connectivity index (χ0n) is 10.9. The molecule has 0 saturated carbocycles. The molecule has 1 fully saturated rings. The second-order valence-electron chi connectivity index (χ2n) is 4.51. The van der Waals surface area contributed by atoms with Gasteiger partial charge in [0.2, 0.25) is 5.13 Å². The number of hydrogen-bond donors (Lipinski definition) is 0. The summed E-state index contributed by atoms with van der Waals surface area (Å²) in [5.74, 6) is 0.754. The van der Waals surface area contributed by atoms with Crippen LogP contribution < -0.4 is 9.80 Å². The fraction of sp³-hybridized carbons (Fsp3) is 0.417. The molecular weight excluding hydrogens is 320 g/mol. The van der Waals surface area contributed by atoms with Crippen molar-refractivity contribution < 1.29 is 8.78 Å². The maximum absolute atomic E-state index is 12.5. The van der Waals surface area contributed by atoms with Crippen molar-refractivity contribution in [2.24, 2.45) is 0 Å². The van der Waals surface area contributed by atoms with Gasteiger partial charge in [-0.05, 0) is 12.1 Å². The molecule has 112 valence electrons. The standard InChI is InChI=1S/C12H12ClF2N5S/c13-8-2-1-3-16-10(8)19-4-6-20(7-5-19)12-18-17-11(21-12)9(14)15/h1-3,9H,4-7H2. The summed E-state index contributed by atoms with van der Waals surface area (Å²) in [4.78, 5) is 8.31. The number of alkyl halides is 2. The second-order valence-corrected chi connectivity index (χ2v) is 5.90. The van der Waals surface area contributed by atoms with E-state index in [0.717, 1.165) is 17.2 Å². The third kappa shape index (κ3) is 3.06. The van der Waals surface area contributed by atoms with Crippen molar-refractivity contribution in [1.82, 2.24) is 15.2 Å². The minimum absolute atomic E-state index is 0.236. The van der Waals surface area contributed by atoms with E-state index in [1.165, 1.54) is 0 Å². The highest BCUT2D eigenvalue weighted by molar-refractivity contribution is 7.15. The number of piperazine rings is 1. The number of rotatable bonds is 3. The van der Waals surface area contributed by atoms with Crippen LogP contribution in [0.3, 0.4) is 0 Å². The lowest BCUT2D eigenvalue weighted by molar-refractivity contribution is 0.150. The molecule has 1 aliphatic heterocycles. The van der Waals surface area contributed by atoms with Crippen LogP contribution in [-0.4, -0.2) is 41.4 Å². The molecule has 0 unspecified atom stereocenters. The molecule has 1 saturated heterocycles. The lowest BCUT2D eigenvalue weighted by atomic mass is 10.3. The van der Waals surface area contributed by atoms with Gasteiger partial charge in [0.25, 0.3) is 6.43 Å². The molecule has 0 N–H and O–H groups in total. The first-order valence-corrected chi connectivity index (χ1v) is 7.56. The summed E-state index contributed by atoms with van der Waals surface area (Å²) in [6.45, 7) is 2.76. The van der Waals surface area contributed by atoms with E-state index in [-0.39, 0.29) is 5.01 Å². The Balaban J connectivity index is 1.66. The summed E-state index contributed by atoms with van der Waals surface area (Å²) in [7, 11) is 0. The van der Waals surface area contributed by atoms with Crippen LogP contribution in [0.15, 0.2) is 18.3 Å². The molecule has 1 aliphatic rings. The fourth-order valence-corrected chi connectivity index (χ4v) is 3.15. The maximum atomic E-state index is 12.5. The number of nitrogens with zero attached hydrogens (tertiary/aromatic N) is 5. The lowest BCUT2D eigenvalue weighted by Gasteiger charge is -2.35. The summed E-state index contributed by atoms with van der Waals surface area (Å²) >= 11 is 7.07. The molecule has 21 heavy (non-hydrogen) atoms. The topological polar surface area (TPSA) is 45.2 Å². The van der Waals surface area contributed by atoms with Crippen LogP contribution in [0, 0.1) is 0 Å². The van der Waals surface area contributed by atoms with E-state index in [4.69, 9.17) is 11.6 Å². The number of aromatic nitrogens is 3. The van der Waals surface area contributed by atoms with Crippen LogP contribution in [0.2, 0.25) is 5.02 Å². The lowest BCUT2D eigenvalue weighted by Crippen LogP contribution is -2.46. The van der Waals surface area contributed by atoms with Gasteiger partial charge in [0.05, 0.1) is 5.02 Å². The summed E-state index contributed by atoms with van der Waals surface area (Å²) in [5, 5.41) is 8.26. The Kier molecular flexibility index (Phi) is 4.16. The summed E-state index contributed by atoms with van der Waals surface area (Å²) < 4.78 is 25.1. The smallest absolute Gasteiger partial charge is 0.291 e. The molecule has 0 aromatic carbocycles. The van der Waals surface area contributed by atoms with Crippen molar-refractivity contribution in [3.05, 3.63) is 28.4 Å². The molecule has 2 aromatic rings. The van der Waals surface area contributed by atoms with Crippen LogP contribution in [0.25, 0.3) is 0 Å². The SMILES string of the molecule is FC(F)c1nnc(N2CCN(c3ncccc3Cl)CC2)s1. The van der Waals surface area contributed by atoms with Gasteiger partial charge >= 0.3 is 0 Å². The van der Waals surface area contributed by atoms with Crippen LogP contribution in [0.1, 0.15) is 11.4 Å². The summed E-state index contributed by atoms with van der Waals surface area (Å²) in [6.07, 6.45) is -0.863. The number of anilines is 2. The van der Waals surface area contributed by atoms with Gasteiger partial charge in [-0.2, -0.15) is 0 Å². The van der Waals surface area contributed by atoms with Crippen molar-refractivity contribution >= 4 is 33.9 Å². The molecule has 3 heterocycles. The molecule has 5 nitrogen and oxygen atoms in total. The Morgan fingerprint density at radius 3 is 2.48 bits per heavy atom. The largest absolute Gasteiger partial charge is 0.352 e. The Bertz CT molecular complexity index is 615. The van der Waals surface area contributed by atoms with E-state index in [1.54, 1.807) is 18.3 Å². The Labute approximate surface area is 129 Å². The first-order valence-electron chi connectivity index (χ1n) is 6.37. The van der Waals surface area contributed by atoms with E-state index < -0.39 is 6.43 Å². The van der Waals surface area contributed by atoms with Gasteiger partial charge in [-0.1, -0.05) is 22.9 Å². The summed E-state index contributed by atoms with van der Waals surface area (Å²) in [5.41, 5.74) is 0. The van der Waals surface area contributed by atoms with E-state index in [1.807, 2.05) is 4.90 Å². The predicted molar refractivity (Wildman–Crippen MR) is 78.5 cm³/mol. The average molecular weight is 332 g/mol. The van der Waals surface area contributed by atoms with Crippen LogP contribution in [0.5, 0.6) is 0 Å². The Hall–Kier alpha value is -1.54. The van der Waals surface area contributed by atoms with E-state index in [0.29, 0.717) is 36.3 Å². The van der Waals surface area contributed by atoms with Gasteiger partial charge in [0, 0.05) is 32.4 Å². The quantitative estimate of drug-likeness (QED) is 0.865. The zero-order chi connectivity index (χ0) is 14.8. The number of hydrogen-bond acceptors (Lipinski definition) is 6. The molecule has 0 spiro atoms. The Morgan fingerprint density at radius 2 is 1.86 bits per heavy atom. The molecule has 9 heteroatoms. The van der Waals surface area contributed by atoms with Gasteiger partial charge < -0.3 is 9.80 Å². The van der Waals surface area contributed by atoms with Crippen molar-refractivity contribution in [3.63, 3.8) is 0 Å². The van der Waals surface area contributed by atoms with Crippen LogP contribution in [-0.2, 0) is 0 Å². The molecular formula is C12H12ClF2N5S. The molecule has 2 aromatic heterocycles. The zero-order valence-corrected chi connectivity index (χ0v) is 12.5. The third-order valence-electron chi connectivity index (χ3n) is 3.21. The number of pyridine rings is 1. The van der Waals surface area contributed by atoms with Crippen LogP contribution in [0.4, 0.5) is 19.7 Å². The van der Waals surface area contributed by atoms with E-state index >= 15 is 0 Å². The van der Waals surface area contributed by atoms with Crippen molar-refractivity contribution in [2.75, 3.05) is 36.0 Å². The minimum Gasteiger partial charge on any atom is -0.352 e. The average Bonchev–Trinajstić information content (AvgIpc) is 2.98. The van der Waals surface area contributed by atoms with Gasteiger partial charge in [0.1, 0.15) is 5.82 Å². The molecule has 0 amide bonds. The molecule has 0 atom stereocenters. The van der Waals surface area contributed by atoms with E-state index in [9.17, 15) is 8.78 Å². The highest BCUT2D eigenvalue weighted by Gasteiger charge is 2.23. The minimum atomic E-state index is -2.56. The normalized spacial score (nSPS) is 15.8. The van der Waals surface area contributed by atoms with Gasteiger partial charge in [-0.15, -0.1) is 10.2 Å². The molecule has 0 bridgehead atoms. The molecule has 0 aliphatic carbocycles. The van der Waals surface area contributed by atoms with Crippen LogP contribution >= 0.6 is 22.9 Å². The van der Waals surface area contributed by atoms with Gasteiger partial charge in [-0.25, -0.2) is 13.8 Å². The first-order chi connectivity index (χ1) is 10.1. The highest BCUT2D eigenvalue weighted by atomic mass is 35.5. The van der Waals surface area contributed by atoms with Crippen molar-refractivity contribution in [3.8, 4) is 0 Å². The third-order valence-corrected chi connectivity index (χ3v) is 4.49. The van der Waals surface area contributed by atoms with Crippen molar-refractivity contribution in [2.45, 2.75) is 6.43 Å². The Morgan fingerprint density at radius 1 is 1.14 bits per heavy atom. The fourth-order valence-electron chi connectivity index (χ4n) is 2.16. The first kappa shape index (κ1) is 14.4. The van der Waals surface area contributed by atoms with Crippen molar-refractivity contribution in [1.29, 1.82) is 0 Å². The predicted octanol–water partition coefficient (Wildman–Crippen LogP) is 2.85. The molecule has 0 radical (unpaired) electrons. The maximum Gasteiger partial charge on any atom is 0.291 e. The highest BCUT2D eigenvalue weighted by Crippen LogP contribution is 2.29. The molecule has 3 rings (SSSR count). The van der Waals surface area contributed by atoms with Gasteiger partial charge in [-0.3, -0.25) is 0 Å². The second kappa shape index (κ2) is 6.07. The summed E-state index contributed by atoms with van der Waals surface area (Å²) in [6, 6.07) is 3.59. The number of halogens is 3. The van der Waals surface area contributed by atoms with E-state index in [2.05, 4.69) is 20.1 Å².